The van der Waals surface area contributed by atoms with Gasteiger partial charge < -0.3 is 5.11 Å². The summed E-state index contributed by atoms with van der Waals surface area (Å²) >= 11 is 0. The Morgan fingerprint density at radius 3 is 2.65 bits per heavy atom. The van der Waals surface area contributed by atoms with Crippen molar-refractivity contribution in [2.24, 2.45) is 0 Å². The Morgan fingerprint density at radius 2 is 2.18 bits per heavy atom. The van der Waals surface area contributed by atoms with Crippen LogP contribution in [0.5, 0.6) is 0 Å². The largest absolute Gasteiger partial charge is 0.479 e. The molecule has 0 bridgehead atoms. The van der Waals surface area contributed by atoms with Crippen molar-refractivity contribution in [1.82, 2.24) is 14.8 Å². The summed E-state index contributed by atoms with van der Waals surface area (Å²) in [6.45, 7) is 3.95. The molecule has 0 amide bonds. The zero-order valence-electron chi connectivity index (χ0n) is 10.4. The summed E-state index contributed by atoms with van der Waals surface area (Å²) in [5.74, 6) is 0.800. The van der Waals surface area contributed by atoms with Gasteiger partial charge in [-0.3, -0.25) is 4.57 Å². The molecule has 0 unspecified atom stereocenters. The van der Waals surface area contributed by atoms with Crippen LogP contribution in [0.4, 0.5) is 0 Å². The van der Waals surface area contributed by atoms with E-state index < -0.39 is 11.5 Å². The summed E-state index contributed by atoms with van der Waals surface area (Å²) in [6.07, 6.45) is 5.27. The van der Waals surface area contributed by atoms with Crippen molar-refractivity contribution in [1.29, 1.82) is 0 Å². The van der Waals surface area contributed by atoms with Gasteiger partial charge in [0.05, 0.1) is 0 Å². The van der Waals surface area contributed by atoms with Crippen LogP contribution in [0.15, 0.2) is 0 Å². The van der Waals surface area contributed by atoms with Crippen LogP contribution in [-0.2, 0) is 16.8 Å². The first-order valence-corrected chi connectivity index (χ1v) is 6.26. The van der Waals surface area contributed by atoms with Gasteiger partial charge in [0.1, 0.15) is 17.2 Å². The van der Waals surface area contributed by atoms with E-state index >= 15 is 0 Å². The van der Waals surface area contributed by atoms with Gasteiger partial charge in [-0.1, -0.05) is 13.3 Å². The molecule has 0 radical (unpaired) electrons. The Balaban J connectivity index is 2.36. The van der Waals surface area contributed by atoms with Crippen LogP contribution >= 0.6 is 0 Å². The number of carboxylic acids is 1. The first kappa shape index (κ1) is 12.1. The molecule has 17 heavy (non-hydrogen) atoms. The van der Waals surface area contributed by atoms with Gasteiger partial charge in [-0.2, -0.15) is 0 Å². The van der Waals surface area contributed by atoms with Crippen molar-refractivity contribution in [3.8, 4) is 0 Å². The Bertz CT molecular complexity index is 421. The third-order valence-corrected chi connectivity index (χ3v) is 3.65. The zero-order chi connectivity index (χ0) is 12.5. The fourth-order valence-corrected chi connectivity index (χ4v) is 2.50. The topological polar surface area (TPSA) is 68.0 Å². The fourth-order valence-electron chi connectivity index (χ4n) is 2.50. The van der Waals surface area contributed by atoms with Crippen molar-refractivity contribution < 1.29 is 9.90 Å². The maximum Gasteiger partial charge on any atom is 0.329 e. The molecule has 0 spiro atoms. The predicted octanol–water partition coefficient (Wildman–Crippen LogP) is 1.89. The van der Waals surface area contributed by atoms with Crippen molar-refractivity contribution in [2.75, 3.05) is 0 Å². The van der Waals surface area contributed by atoms with Gasteiger partial charge in [-0.15, -0.1) is 10.2 Å². The van der Waals surface area contributed by atoms with Crippen molar-refractivity contribution in [3.63, 3.8) is 0 Å². The van der Waals surface area contributed by atoms with E-state index in [1.54, 1.807) is 0 Å². The summed E-state index contributed by atoms with van der Waals surface area (Å²) in [6, 6.07) is 0. The van der Waals surface area contributed by atoms with Crippen LogP contribution in [-0.4, -0.2) is 25.8 Å². The second-order valence-electron chi connectivity index (χ2n) is 4.79. The Morgan fingerprint density at radius 1 is 1.47 bits per heavy atom. The molecule has 1 heterocycles. The molecule has 0 saturated heterocycles. The molecule has 1 saturated carbocycles. The maximum absolute atomic E-state index is 11.5. The molecule has 1 aromatic rings. The summed E-state index contributed by atoms with van der Waals surface area (Å²) in [5.41, 5.74) is -0.767. The van der Waals surface area contributed by atoms with Crippen molar-refractivity contribution in [3.05, 3.63) is 11.6 Å². The molecule has 0 aliphatic heterocycles. The second kappa shape index (κ2) is 4.47. The standard InChI is InChI=1S/C12H19N3O2/c1-3-4-6-10-14-13-9(2)15(10)12(11(16)17)7-5-8-12/h3-8H2,1-2H3,(H,16,17). The molecule has 1 aliphatic rings. The zero-order valence-corrected chi connectivity index (χ0v) is 10.4. The average molecular weight is 237 g/mol. The molecule has 1 N–H and O–H groups in total. The molecule has 5 nitrogen and oxygen atoms in total. The molecule has 0 aromatic carbocycles. The first-order valence-electron chi connectivity index (χ1n) is 6.26. The van der Waals surface area contributed by atoms with Gasteiger partial charge in [0, 0.05) is 6.42 Å². The number of aryl methyl sites for hydroxylation is 2. The number of hydrogen-bond acceptors (Lipinski definition) is 3. The number of carbonyl (C=O) groups is 1. The van der Waals surface area contributed by atoms with Gasteiger partial charge in [-0.25, -0.2) is 4.79 Å². The molecule has 94 valence electrons. The molecule has 1 aromatic heterocycles. The van der Waals surface area contributed by atoms with E-state index in [1.165, 1.54) is 0 Å². The van der Waals surface area contributed by atoms with Crippen LogP contribution in [0.1, 0.15) is 50.7 Å². The van der Waals surface area contributed by atoms with E-state index in [0.717, 1.165) is 37.3 Å². The maximum atomic E-state index is 11.5. The molecule has 5 heteroatoms. The Hall–Kier alpha value is -1.39. The van der Waals surface area contributed by atoms with E-state index in [2.05, 4.69) is 17.1 Å². The van der Waals surface area contributed by atoms with E-state index in [4.69, 9.17) is 0 Å². The monoisotopic (exact) mass is 237 g/mol. The summed E-state index contributed by atoms with van der Waals surface area (Å²) in [5, 5.41) is 17.6. The molecule has 0 atom stereocenters. The minimum atomic E-state index is -0.767. The number of rotatable bonds is 5. The first-order chi connectivity index (χ1) is 8.12. The Kier molecular flexibility index (Phi) is 3.17. The summed E-state index contributed by atoms with van der Waals surface area (Å²) in [7, 11) is 0. The quantitative estimate of drug-likeness (QED) is 0.849. The molecule has 1 aliphatic carbocycles. The molecular weight excluding hydrogens is 218 g/mol. The minimum Gasteiger partial charge on any atom is -0.479 e. The summed E-state index contributed by atoms with van der Waals surface area (Å²) < 4.78 is 1.86. The number of aromatic nitrogens is 3. The lowest BCUT2D eigenvalue weighted by atomic mass is 9.76. The second-order valence-corrected chi connectivity index (χ2v) is 4.79. The lowest BCUT2D eigenvalue weighted by Gasteiger charge is -2.40. The normalized spacial score (nSPS) is 17.8. The highest BCUT2D eigenvalue weighted by molar-refractivity contribution is 5.78. The number of aliphatic carboxylic acids is 1. The number of unbranched alkanes of at least 4 members (excludes halogenated alkanes) is 1. The van der Waals surface area contributed by atoms with Crippen LogP contribution in [0, 0.1) is 6.92 Å². The van der Waals surface area contributed by atoms with E-state index in [-0.39, 0.29) is 0 Å². The lowest BCUT2D eigenvalue weighted by molar-refractivity contribution is -0.152. The van der Waals surface area contributed by atoms with Crippen molar-refractivity contribution in [2.45, 2.75) is 57.9 Å². The van der Waals surface area contributed by atoms with Gasteiger partial charge in [0.2, 0.25) is 0 Å². The number of hydrogen-bond donors (Lipinski definition) is 1. The third-order valence-electron chi connectivity index (χ3n) is 3.65. The van der Waals surface area contributed by atoms with Crippen LogP contribution in [0.25, 0.3) is 0 Å². The smallest absolute Gasteiger partial charge is 0.329 e. The molecule has 1 fully saturated rings. The van der Waals surface area contributed by atoms with Crippen molar-refractivity contribution >= 4 is 5.97 Å². The highest BCUT2D eigenvalue weighted by Gasteiger charge is 2.48. The van der Waals surface area contributed by atoms with Crippen LogP contribution < -0.4 is 0 Å². The number of carboxylic acid groups (broad SMARTS) is 1. The van der Waals surface area contributed by atoms with Crippen LogP contribution in [0.3, 0.4) is 0 Å². The Labute approximate surface area is 101 Å². The fraction of sp³-hybridized carbons (Fsp3) is 0.750. The van der Waals surface area contributed by atoms with Gasteiger partial charge in [0.15, 0.2) is 0 Å². The highest BCUT2D eigenvalue weighted by Crippen LogP contribution is 2.41. The van der Waals surface area contributed by atoms with Crippen LogP contribution in [0.2, 0.25) is 0 Å². The average Bonchev–Trinajstić information content (AvgIpc) is 2.57. The van der Waals surface area contributed by atoms with Gasteiger partial charge >= 0.3 is 5.97 Å². The van der Waals surface area contributed by atoms with E-state index in [9.17, 15) is 9.90 Å². The van der Waals surface area contributed by atoms with E-state index in [0.29, 0.717) is 12.8 Å². The van der Waals surface area contributed by atoms with E-state index in [1.807, 2.05) is 11.5 Å². The minimum absolute atomic E-state index is 0.695. The molecule has 2 rings (SSSR count). The summed E-state index contributed by atoms with van der Waals surface area (Å²) in [4.78, 5) is 11.5. The highest BCUT2D eigenvalue weighted by atomic mass is 16.4. The SMILES string of the molecule is CCCCc1nnc(C)n1C1(C(=O)O)CCC1. The number of nitrogens with zero attached hydrogens (tertiary/aromatic N) is 3. The van der Waals surface area contributed by atoms with Gasteiger partial charge in [0.25, 0.3) is 0 Å². The predicted molar refractivity (Wildman–Crippen MR) is 62.8 cm³/mol. The lowest BCUT2D eigenvalue weighted by Crippen LogP contribution is -2.49. The third kappa shape index (κ3) is 1.83. The molecular formula is C12H19N3O2. The van der Waals surface area contributed by atoms with Gasteiger partial charge in [-0.05, 0) is 32.6 Å².